The van der Waals surface area contributed by atoms with Crippen molar-refractivity contribution in [2.45, 2.75) is 24.8 Å². The molecule has 1 rings (SSSR count). The summed E-state index contributed by atoms with van der Waals surface area (Å²) in [6.07, 6.45) is 2.83. The summed E-state index contributed by atoms with van der Waals surface area (Å²) >= 11 is 0. The number of pyridine rings is 1. The van der Waals surface area contributed by atoms with Crippen molar-refractivity contribution in [2.75, 3.05) is 19.7 Å². The average Bonchev–Trinajstić information content (AvgIpc) is 2.41. The van der Waals surface area contributed by atoms with Gasteiger partial charge in [0.2, 0.25) is 10.0 Å². The van der Waals surface area contributed by atoms with Crippen LogP contribution in [0.4, 0.5) is 0 Å². The van der Waals surface area contributed by atoms with E-state index in [9.17, 15) is 8.42 Å². The van der Waals surface area contributed by atoms with Crippen LogP contribution in [0.15, 0.2) is 23.4 Å². The Morgan fingerprint density at radius 2 is 2.20 bits per heavy atom. The molecule has 0 bridgehead atoms. The van der Waals surface area contributed by atoms with Crippen LogP contribution in [0.2, 0.25) is 0 Å². The maximum Gasteiger partial charge on any atom is 0.242 e. The van der Waals surface area contributed by atoms with Crippen LogP contribution in [-0.4, -0.2) is 39.2 Å². The molecule has 6 nitrogen and oxygen atoms in total. The summed E-state index contributed by atoms with van der Waals surface area (Å²) in [7, 11) is -3.60. The number of nitrogens with zero attached hydrogens (tertiary/aromatic N) is 1. The predicted molar refractivity (Wildman–Crippen MR) is 76.4 cm³/mol. The smallest absolute Gasteiger partial charge is 0.242 e. The minimum Gasteiger partial charge on any atom is -0.377 e. The van der Waals surface area contributed by atoms with Gasteiger partial charge in [-0.15, -0.1) is 0 Å². The lowest BCUT2D eigenvalue weighted by atomic mass is 10.3. The molecule has 0 radical (unpaired) electrons. The van der Waals surface area contributed by atoms with E-state index in [1.165, 1.54) is 18.5 Å². The highest BCUT2D eigenvalue weighted by molar-refractivity contribution is 7.89. The predicted octanol–water partition coefficient (Wildman–Crippen LogP) is 0.0951. The molecular formula is C13H19N3O3S. The van der Waals surface area contributed by atoms with E-state index in [2.05, 4.69) is 21.5 Å². The summed E-state index contributed by atoms with van der Waals surface area (Å²) in [5, 5.41) is 0. The van der Waals surface area contributed by atoms with Gasteiger partial charge in [-0.2, -0.15) is 0 Å². The van der Waals surface area contributed by atoms with Crippen LogP contribution in [0.1, 0.15) is 19.4 Å². The van der Waals surface area contributed by atoms with E-state index in [1.54, 1.807) is 0 Å². The van der Waals surface area contributed by atoms with Gasteiger partial charge in [0.1, 0.15) is 4.90 Å². The fourth-order valence-electron chi connectivity index (χ4n) is 1.34. The molecule has 0 saturated carbocycles. The number of hydrogen-bond acceptors (Lipinski definition) is 5. The zero-order valence-electron chi connectivity index (χ0n) is 11.6. The molecule has 0 amide bonds. The van der Waals surface area contributed by atoms with E-state index in [4.69, 9.17) is 10.5 Å². The van der Waals surface area contributed by atoms with Crippen LogP contribution in [-0.2, 0) is 14.8 Å². The van der Waals surface area contributed by atoms with E-state index >= 15 is 0 Å². The Morgan fingerprint density at radius 1 is 1.45 bits per heavy atom. The molecule has 1 aromatic heterocycles. The maximum absolute atomic E-state index is 12.0. The van der Waals surface area contributed by atoms with E-state index in [0.717, 1.165) is 0 Å². The first-order valence-electron chi connectivity index (χ1n) is 6.21. The van der Waals surface area contributed by atoms with Crippen LogP contribution in [0.5, 0.6) is 0 Å². The first-order chi connectivity index (χ1) is 9.45. The molecule has 0 aromatic carbocycles. The summed E-state index contributed by atoms with van der Waals surface area (Å²) in [5.41, 5.74) is 5.78. The van der Waals surface area contributed by atoms with E-state index in [-0.39, 0.29) is 24.1 Å². The van der Waals surface area contributed by atoms with E-state index in [1.807, 2.05) is 13.8 Å². The monoisotopic (exact) mass is 297 g/mol. The van der Waals surface area contributed by atoms with Crippen molar-refractivity contribution in [3.05, 3.63) is 24.0 Å². The molecular weight excluding hydrogens is 278 g/mol. The average molecular weight is 297 g/mol. The van der Waals surface area contributed by atoms with Gasteiger partial charge in [-0.1, -0.05) is 11.8 Å². The van der Waals surface area contributed by atoms with Gasteiger partial charge in [0.25, 0.3) is 0 Å². The second-order valence-electron chi connectivity index (χ2n) is 4.23. The zero-order chi connectivity index (χ0) is 15.0. The van der Waals surface area contributed by atoms with Crippen molar-refractivity contribution in [2.24, 2.45) is 5.73 Å². The van der Waals surface area contributed by atoms with Crippen molar-refractivity contribution in [1.82, 2.24) is 9.71 Å². The number of aromatic nitrogens is 1. The molecule has 0 aliphatic rings. The quantitative estimate of drug-likeness (QED) is 0.573. The normalized spacial score (nSPS) is 11.2. The summed E-state index contributed by atoms with van der Waals surface area (Å²) < 4.78 is 31.8. The number of nitrogens with one attached hydrogen (secondary N) is 1. The molecule has 20 heavy (non-hydrogen) atoms. The third-order valence-corrected chi connectivity index (χ3v) is 3.63. The standard InChI is InChI=1S/C13H19N3O3S/c1-11(2)19-7-6-16-20(17,18)13-8-12(4-3-5-14)9-15-10-13/h8-11,16H,5-7,14H2,1-2H3. The fourth-order valence-corrected chi connectivity index (χ4v) is 2.34. The fraction of sp³-hybridized carbons (Fsp3) is 0.462. The number of hydrogen-bond donors (Lipinski definition) is 2. The third kappa shape index (κ3) is 5.67. The SMILES string of the molecule is CC(C)OCCNS(=O)(=O)c1cncc(C#CCN)c1. The van der Waals surface area contributed by atoms with Gasteiger partial charge in [0.15, 0.2) is 0 Å². The lowest BCUT2D eigenvalue weighted by Gasteiger charge is -2.09. The lowest BCUT2D eigenvalue weighted by molar-refractivity contribution is 0.0834. The first kappa shape index (κ1) is 16.6. The highest BCUT2D eigenvalue weighted by atomic mass is 32.2. The third-order valence-electron chi connectivity index (χ3n) is 2.20. The molecule has 0 aliphatic carbocycles. The second kappa shape index (κ2) is 7.97. The lowest BCUT2D eigenvalue weighted by Crippen LogP contribution is -2.28. The van der Waals surface area contributed by atoms with E-state index in [0.29, 0.717) is 12.2 Å². The van der Waals surface area contributed by atoms with Crippen molar-refractivity contribution < 1.29 is 13.2 Å². The molecule has 0 aliphatic heterocycles. The Morgan fingerprint density at radius 3 is 2.85 bits per heavy atom. The molecule has 110 valence electrons. The van der Waals surface area contributed by atoms with Crippen molar-refractivity contribution in [3.63, 3.8) is 0 Å². The van der Waals surface area contributed by atoms with Gasteiger partial charge in [-0.05, 0) is 19.9 Å². The summed E-state index contributed by atoms with van der Waals surface area (Å²) in [5.74, 6) is 5.40. The molecule has 0 fully saturated rings. The van der Waals surface area contributed by atoms with Gasteiger partial charge in [-0.3, -0.25) is 4.98 Å². The summed E-state index contributed by atoms with van der Waals surface area (Å²) in [6.45, 7) is 4.51. The molecule has 1 aromatic rings. The van der Waals surface area contributed by atoms with Crippen LogP contribution in [0, 0.1) is 11.8 Å². The Labute approximate surface area is 119 Å². The maximum atomic E-state index is 12.0. The number of ether oxygens (including phenoxy) is 1. The molecule has 0 saturated heterocycles. The number of nitrogens with two attached hydrogens (primary N) is 1. The summed E-state index contributed by atoms with van der Waals surface area (Å²) in [6, 6.07) is 1.46. The molecule has 0 spiro atoms. The molecule has 1 heterocycles. The highest BCUT2D eigenvalue weighted by Gasteiger charge is 2.14. The van der Waals surface area contributed by atoms with Gasteiger partial charge >= 0.3 is 0 Å². The molecule has 3 N–H and O–H groups in total. The van der Waals surface area contributed by atoms with Crippen LogP contribution in [0.25, 0.3) is 0 Å². The Bertz CT molecular complexity index is 588. The molecule has 0 unspecified atom stereocenters. The minimum atomic E-state index is -3.60. The molecule has 0 atom stereocenters. The largest absolute Gasteiger partial charge is 0.377 e. The molecule has 7 heteroatoms. The Hall–Kier alpha value is -1.46. The van der Waals surface area contributed by atoms with Crippen molar-refractivity contribution in [1.29, 1.82) is 0 Å². The summed E-state index contributed by atoms with van der Waals surface area (Å²) in [4.78, 5) is 3.94. The first-order valence-corrected chi connectivity index (χ1v) is 7.69. The van der Waals surface area contributed by atoms with Gasteiger partial charge < -0.3 is 10.5 Å². The number of sulfonamides is 1. The number of rotatable bonds is 6. The second-order valence-corrected chi connectivity index (χ2v) is 6.00. The minimum absolute atomic E-state index is 0.0658. The van der Waals surface area contributed by atoms with Gasteiger partial charge in [-0.25, -0.2) is 13.1 Å². The highest BCUT2D eigenvalue weighted by Crippen LogP contribution is 2.08. The van der Waals surface area contributed by atoms with Crippen molar-refractivity contribution in [3.8, 4) is 11.8 Å². The van der Waals surface area contributed by atoms with E-state index < -0.39 is 10.0 Å². The Kier molecular flexibility index (Phi) is 6.61. The topological polar surface area (TPSA) is 94.3 Å². The van der Waals surface area contributed by atoms with Crippen LogP contribution < -0.4 is 10.5 Å². The van der Waals surface area contributed by atoms with Gasteiger partial charge in [0.05, 0.1) is 19.3 Å². The zero-order valence-corrected chi connectivity index (χ0v) is 12.4. The van der Waals surface area contributed by atoms with Gasteiger partial charge in [0, 0.05) is 24.5 Å². The Balaban J connectivity index is 2.72. The van der Waals surface area contributed by atoms with Crippen LogP contribution >= 0.6 is 0 Å². The van der Waals surface area contributed by atoms with Crippen LogP contribution in [0.3, 0.4) is 0 Å². The van der Waals surface area contributed by atoms with Crippen molar-refractivity contribution >= 4 is 10.0 Å².